The number of ether oxygens (including phenoxy) is 1. The van der Waals surface area contributed by atoms with E-state index in [2.05, 4.69) is 6.92 Å². The quantitative estimate of drug-likeness (QED) is 0.126. The zero-order valence-electron chi connectivity index (χ0n) is 18.6. The minimum Gasteiger partial charge on any atom is -0.463 e. The molecule has 8 nitrogen and oxygen atoms in total. The van der Waals surface area contributed by atoms with Gasteiger partial charge >= 0.3 is 16.4 Å². The van der Waals surface area contributed by atoms with Crippen LogP contribution in [0.25, 0.3) is 0 Å². The average Bonchev–Trinajstić information content (AvgIpc) is 2.67. The van der Waals surface area contributed by atoms with Gasteiger partial charge in [0.05, 0.1) is 6.61 Å². The van der Waals surface area contributed by atoms with Crippen molar-refractivity contribution in [3.63, 3.8) is 0 Å². The summed E-state index contributed by atoms with van der Waals surface area (Å²) in [5, 5.41) is 17.7. The molecule has 9 heteroatoms. The number of aliphatic hydroxyl groups is 2. The third-order valence-electron chi connectivity index (χ3n) is 4.63. The number of carbonyl (C=O) groups excluding carboxylic acids is 1. The first-order valence-electron chi connectivity index (χ1n) is 11.3. The number of unbranched alkanes of at least 4 members (excludes halogenated alkanes) is 14. The fourth-order valence-corrected chi connectivity index (χ4v) is 2.95. The zero-order valence-corrected chi connectivity index (χ0v) is 19.5. The highest BCUT2D eigenvalue weighted by molar-refractivity contribution is 7.79. The molecule has 0 radical (unpaired) electrons. The summed E-state index contributed by atoms with van der Waals surface area (Å²) >= 11 is 0. The van der Waals surface area contributed by atoms with Gasteiger partial charge in [-0.25, -0.2) is 0 Å². The van der Waals surface area contributed by atoms with Crippen molar-refractivity contribution >= 4 is 16.4 Å². The molecule has 0 aromatic heterocycles. The maximum atomic E-state index is 11.4. The molecular formula is C21H44O8S. The summed E-state index contributed by atoms with van der Waals surface area (Å²) in [7, 11) is -4.67. The van der Waals surface area contributed by atoms with Crippen LogP contribution in [0.3, 0.4) is 0 Å². The Kier molecular flexibility index (Phi) is 24.0. The van der Waals surface area contributed by atoms with Crippen LogP contribution >= 0.6 is 0 Å². The number of rotatable bonds is 19. The standard InChI is InChI=1S/C21H42O4.H2O4S/c1-2-3-4-5-6-7-8-9-10-11-12-13-14-15-16-17-21(24)25-19-20(23)18-22;1-5(2,3)4/h20,22-23H,2-19H2,1H3;(H2,1,2,3,4). The van der Waals surface area contributed by atoms with E-state index in [9.17, 15) is 4.79 Å². The third kappa shape index (κ3) is 34.7. The lowest BCUT2D eigenvalue weighted by Crippen LogP contribution is -2.21. The van der Waals surface area contributed by atoms with Crippen molar-refractivity contribution in [2.45, 2.75) is 116 Å². The Bertz CT molecular complexity index is 460. The Labute approximate surface area is 183 Å². The van der Waals surface area contributed by atoms with E-state index < -0.39 is 16.5 Å². The van der Waals surface area contributed by atoms with E-state index in [0.29, 0.717) is 6.42 Å². The van der Waals surface area contributed by atoms with E-state index in [4.69, 9.17) is 32.5 Å². The number of hydrogen-bond donors (Lipinski definition) is 4. The van der Waals surface area contributed by atoms with Crippen LogP contribution in [0.2, 0.25) is 0 Å². The van der Waals surface area contributed by atoms with Gasteiger partial charge in [-0.15, -0.1) is 0 Å². The first kappa shape index (κ1) is 31.4. The Morgan fingerprint density at radius 3 is 1.43 bits per heavy atom. The zero-order chi connectivity index (χ0) is 23.1. The molecule has 0 fully saturated rings. The fraction of sp³-hybridized carbons (Fsp3) is 0.952. The van der Waals surface area contributed by atoms with Crippen molar-refractivity contribution in [1.82, 2.24) is 0 Å². The summed E-state index contributed by atoms with van der Waals surface area (Å²) in [6.45, 7) is 1.79. The van der Waals surface area contributed by atoms with Gasteiger partial charge in [-0.3, -0.25) is 13.9 Å². The van der Waals surface area contributed by atoms with E-state index >= 15 is 0 Å². The molecule has 0 bridgehead atoms. The van der Waals surface area contributed by atoms with Crippen molar-refractivity contribution in [3.8, 4) is 0 Å². The Balaban J connectivity index is 0. The highest BCUT2D eigenvalue weighted by Crippen LogP contribution is 2.13. The maximum Gasteiger partial charge on any atom is 0.394 e. The van der Waals surface area contributed by atoms with Crippen molar-refractivity contribution in [1.29, 1.82) is 0 Å². The monoisotopic (exact) mass is 456 g/mol. The lowest BCUT2D eigenvalue weighted by Gasteiger charge is -2.08. The molecule has 30 heavy (non-hydrogen) atoms. The Hall–Kier alpha value is -0.740. The molecule has 1 atom stereocenters. The van der Waals surface area contributed by atoms with E-state index in [0.717, 1.165) is 12.8 Å². The summed E-state index contributed by atoms with van der Waals surface area (Å²) in [6, 6.07) is 0. The molecule has 0 saturated heterocycles. The predicted molar refractivity (Wildman–Crippen MR) is 118 cm³/mol. The van der Waals surface area contributed by atoms with Crippen LogP contribution in [0, 0.1) is 0 Å². The minimum atomic E-state index is -4.67. The van der Waals surface area contributed by atoms with E-state index in [-0.39, 0.29) is 19.2 Å². The van der Waals surface area contributed by atoms with Crippen molar-refractivity contribution < 1.29 is 37.3 Å². The summed E-state index contributed by atoms with van der Waals surface area (Å²) < 4.78 is 36.4. The molecule has 0 rings (SSSR count). The maximum absolute atomic E-state index is 11.4. The number of hydrogen-bond acceptors (Lipinski definition) is 6. The van der Waals surface area contributed by atoms with Crippen LogP contribution in [0.4, 0.5) is 0 Å². The first-order valence-corrected chi connectivity index (χ1v) is 12.7. The second-order valence-electron chi connectivity index (χ2n) is 7.67. The predicted octanol–water partition coefficient (Wildman–Crippen LogP) is 4.49. The molecular weight excluding hydrogens is 412 g/mol. The van der Waals surface area contributed by atoms with Gasteiger partial charge < -0.3 is 14.9 Å². The van der Waals surface area contributed by atoms with Crippen LogP contribution in [0.1, 0.15) is 110 Å². The second-order valence-corrected chi connectivity index (χ2v) is 8.56. The van der Waals surface area contributed by atoms with Crippen LogP contribution in [0.5, 0.6) is 0 Å². The smallest absolute Gasteiger partial charge is 0.394 e. The Morgan fingerprint density at radius 1 is 0.767 bits per heavy atom. The highest BCUT2D eigenvalue weighted by Gasteiger charge is 2.07. The Morgan fingerprint density at radius 2 is 1.10 bits per heavy atom. The van der Waals surface area contributed by atoms with Gasteiger partial charge in [-0.2, -0.15) is 8.42 Å². The lowest BCUT2D eigenvalue weighted by molar-refractivity contribution is -0.147. The molecule has 0 amide bonds. The van der Waals surface area contributed by atoms with Crippen LogP contribution in [0.15, 0.2) is 0 Å². The first-order chi connectivity index (χ1) is 14.2. The molecule has 4 N–H and O–H groups in total. The van der Waals surface area contributed by atoms with Crippen LogP contribution < -0.4 is 0 Å². The normalized spacial score (nSPS) is 12.2. The van der Waals surface area contributed by atoms with Crippen LogP contribution in [-0.4, -0.2) is 53.0 Å². The van der Waals surface area contributed by atoms with E-state index in [1.54, 1.807) is 0 Å². The lowest BCUT2D eigenvalue weighted by atomic mass is 10.0. The van der Waals surface area contributed by atoms with Gasteiger partial charge in [0.15, 0.2) is 0 Å². The SMILES string of the molecule is CCCCCCCCCCCCCCCCCC(=O)OCC(O)CO.O=S(=O)(O)O. The number of carbonyl (C=O) groups is 1. The highest BCUT2D eigenvalue weighted by atomic mass is 32.3. The molecule has 1 unspecified atom stereocenters. The van der Waals surface area contributed by atoms with Crippen molar-refractivity contribution in [2.24, 2.45) is 0 Å². The second kappa shape index (κ2) is 22.9. The van der Waals surface area contributed by atoms with Gasteiger partial charge in [0.25, 0.3) is 0 Å². The summed E-state index contributed by atoms with van der Waals surface area (Å²) in [6.07, 6.45) is 19.0. The number of esters is 1. The largest absolute Gasteiger partial charge is 0.463 e. The molecule has 0 aromatic rings. The summed E-state index contributed by atoms with van der Waals surface area (Å²) in [5.74, 6) is -0.276. The van der Waals surface area contributed by atoms with Gasteiger partial charge in [-0.1, -0.05) is 96.8 Å². The molecule has 0 aromatic carbocycles. The van der Waals surface area contributed by atoms with Crippen molar-refractivity contribution in [2.75, 3.05) is 13.2 Å². The van der Waals surface area contributed by atoms with Crippen molar-refractivity contribution in [3.05, 3.63) is 0 Å². The van der Waals surface area contributed by atoms with E-state index in [1.807, 2.05) is 0 Å². The molecule has 0 spiro atoms. The molecule has 0 heterocycles. The van der Waals surface area contributed by atoms with Crippen LogP contribution in [-0.2, 0) is 19.9 Å². The summed E-state index contributed by atoms with van der Waals surface area (Å²) in [5.41, 5.74) is 0. The molecule has 0 aliphatic heterocycles. The van der Waals surface area contributed by atoms with Gasteiger partial charge in [0.2, 0.25) is 0 Å². The van der Waals surface area contributed by atoms with Gasteiger partial charge in [-0.05, 0) is 6.42 Å². The average molecular weight is 457 g/mol. The fourth-order valence-electron chi connectivity index (χ4n) is 2.95. The molecule has 0 aliphatic carbocycles. The molecule has 0 saturated carbocycles. The minimum absolute atomic E-state index is 0.103. The third-order valence-corrected chi connectivity index (χ3v) is 4.63. The topological polar surface area (TPSA) is 141 Å². The molecule has 0 aliphatic rings. The van der Waals surface area contributed by atoms with E-state index in [1.165, 1.54) is 83.5 Å². The number of aliphatic hydroxyl groups excluding tert-OH is 2. The van der Waals surface area contributed by atoms with Gasteiger partial charge in [0.1, 0.15) is 12.7 Å². The summed E-state index contributed by atoms with van der Waals surface area (Å²) in [4.78, 5) is 11.4. The molecule has 182 valence electrons. The van der Waals surface area contributed by atoms with Gasteiger partial charge in [0, 0.05) is 6.42 Å².